The van der Waals surface area contributed by atoms with Crippen LogP contribution in [0.1, 0.15) is 37.9 Å². The van der Waals surface area contributed by atoms with Gasteiger partial charge < -0.3 is 4.42 Å². The third kappa shape index (κ3) is 2.46. The van der Waals surface area contributed by atoms with Gasteiger partial charge in [0, 0.05) is 15.7 Å². The number of hydrogen-bond acceptors (Lipinski definition) is 2. The Bertz CT molecular complexity index is 626. The van der Waals surface area contributed by atoms with Crippen LogP contribution >= 0.6 is 11.6 Å². The van der Waals surface area contributed by atoms with Gasteiger partial charge in [-0.2, -0.15) is 0 Å². The largest absolute Gasteiger partial charge is 0.460 e. The zero-order chi connectivity index (χ0) is 13.4. The Kier molecular flexibility index (Phi) is 3.68. The highest BCUT2D eigenvalue weighted by molar-refractivity contribution is 7.86. The quantitative estimate of drug-likeness (QED) is 0.794. The van der Waals surface area contributed by atoms with Crippen LogP contribution in [0.2, 0.25) is 5.02 Å². The highest BCUT2D eigenvalue weighted by atomic mass is 35.5. The predicted octanol–water partition coefficient (Wildman–Crippen LogP) is 4.83. The summed E-state index contributed by atoms with van der Waals surface area (Å²) in [5.41, 5.74) is 0.779. The molecular formula is C15H17ClO2S. The minimum absolute atomic E-state index is 0.271. The molecule has 0 radical (unpaired) electrons. The van der Waals surface area contributed by atoms with E-state index in [-0.39, 0.29) is 5.25 Å². The molecule has 1 aromatic heterocycles. The van der Waals surface area contributed by atoms with Gasteiger partial charge in [-0.05, 0) is 38.0 Å². The third-order valence-corrected chi connectivity index (χ3v) is 6.05. The molecule has 2 aromatic rings. The first-order valence-corrected chi connectivity index (χ1v) is 8.35. The molecule has 1 atom stereocenters. The van der Waals surface area contributed by atoms with Crippen molar-refractivity contribution in [3.05, 3.63) is 29.0 Å². The minimum Gasteiger partial charge on any atom is -0.460 e. The van der Waals surface area contributed by atoms with Gasteiger partial charge in [0.25, 0.3) is 0 Å². The molecule has 1 aliphatic rings. The fourth-order valence-electron chi connectivity index (χ4n) is 2.87. The number of fused-ring (bicyclic) bond motifs is 1. The molecule has 0 N–H and O–H groups in total. The van der Waals surface area contributed by atoms with Crippen molar-refractivity contribution >= 4 is 33.4 Å². The lowest BCUT2D eigenvalue weighted by atomic mass is 10.0. The highest BCUT2D eigenvalue weighted by Crippen LogP contribution is 2.34. The SMILES string of the molecule is Cc1oc2ccc(Cl)cc2c1S(=O)C1CCCCC1. The van der Waals surface area contributed by atoms with Crippen molar-refractivity contribution in [1.29, 1.82) is 0 Å². The molecule has 0 saturated heterocycles. The number of halogens is 1. The molecular weight excluding hydrogens is 280 g/mol. The van der Waals surface area contributed by atoms with Crippen LogP contribution in [-0.4, -0.2) is 9.46 Å². The first kappa shape index (κ1) is 13.2. The van der Waals surface area contributed by atoms with Crippen molar-refractivity contribution in [1.82, 2.24) is 0 Å². The summed E-state index contributed by atoms with van der Waals surface area (Å²) < 4.78 is 18.5. The monoisotopic (exact) mass is 296 g/mol. The van der Waals surface area contributed by atoms with E-state index in [1.165, 1.54) is 19.3 Å². The molecule has 3 rings (SSSR count). The molecule has 1 fully saturated rings. The Morgan fingerprint density at radius 2 is 2.00 bits per heavy atom. The van der Waals surface area contributed by atoms with E-state index < -0.39 is 10.8 Å². The van der Waals surface area contributed by atoms with Crippen LogP contribution < -0.4 is 0 Å². The minimum atomic E-state index is -0.986. The summed E-state index contributed by atoms with van der Waals surface area (Å²) >= 11 is 6.05. The first-order valence-electron chi connectivity index (χ1n) is 6.76. The Morgan fingerprint density at radius 3 is 2.74 bits per heavy atom. The van der Waals surface area contributed by atoms with Gasteiger partial charge in [-0.25, -0.2) is 0 Å². The molecule has 1 aliphatic carbocycles. The summed E-state index contributed by atoms with van der Waals surface area (Å²) in [6.07, 6.45) is 5.75. The smallest absolute Gasteiger partial charge is 0.135 e. The second kappa shape index (κ2) is 5.29. The zero-order valence-electron chi connectivity index (χ0n) is 10.9. The Labute approximate surface area is 120 Å². The third-order valence-electron chi connectivity index (χ3n) is 3.83. The van der Waals surface area contributed by atoms with Gasteiger partial charge in [0.05, 0.1) is 15.7 Å². The Morgan fingerprint density at radius 1 is 1.26 bits per heavy atom. The van der Waals surface area contributed by atoms with Gasteiger partial charge in [0.15, 0.2) is 0 Å². The number of rotatable bonds is 2. The van der Waals surface area contributed by atoms with E-state index >= 15 is 0 Å². The van der Waals surface area contributed by atoms with E-state index in [0.717, 1.165) is 34.5 Å². The average molecular weight is 297 g/mol. The maximum Gasteiger partial charge on any atom is 0.135 e. The van der Waals surface area contributed by atoms with E-state index in [1.807, 2.05) is 19.1 Å². The van der Waals surface area contributed by atoms with Gasteiger partial charge in [-0.3, -0.25) is 4.21 Å². The van der Waals surface area contributed by atoms with Crippen LogP contribution in [0.5, 0.6) is 0 Å². The van der Waals surface area contributed by atoms with Gasteiger partial charge in [0.2, 0.25) is 0 Å². The fourth-order valence-corrected chi connectivity index (χ4v) is 4.83. The highest BCUT2D eigenvalue weighted by Gasteiger charge is 2.26. The van der Waals surface area contributed by atoms with E-state index in [9.17, 15) is 4.21 Å². The summed E-state index contributed by atoms with van der Waals surface area (Å²) in [4.78, 5) is 0.851. The van der Waals surface area contributed by atoms with Crippen LogP contribution in [0.15, 0.2) is 27.5 Å². The molecule has 0 aliphatic heterocycles. The van der Waals surface area contributed by atoms with E-state index in [2.05, 4.69) is 0 Å². The van der Waals surface area contributed by atoms with Crippen molar-refractivity contribution in [2.75, 3.05) is 0 Å². The molecule has 1 unspecified atom stereocenters. The van der Waals surface area contributed by atoms with Crippen molar-refractivity contribution in [3.63, 3.8) is 0 Å². The lowest BCUT2D eigenvalue weighted by Gasteiger charge is -2.20. The van der Waals surface area contributed by atoms with Gasteiger partial charge in [-0.15, -0.1) is 0 Å². The lowest BCUT2D eigenvalue weighted by Crippen LogP contribution is -2.18. The molecule has 0 spiro atoms. The fraction of sp³-hybridized carbons (Fsp3) is 0.467. The van der Waals surface area contributed by atoms with Crippen LogP contribution in [-0.2, 0) is 10.8 Å². The summed E-state index contributed by atoms with van der Waals surface area (Å²) in [5, 5.41) is 1.84. The number of hydrogen-bond donors (Lipinski definition) is 0. The van der Waals surface area contributed by atoms with E-state index in [0.29, 0.717) is 5.02 Å². The molecule has 102 valence electrons. The summed E-state index contributed by atoms with van der Waals surface area (Å²) in [6.45, 7) is 1.89. The van der Waals surface area contributed by atoms with Crippen LogP contribution in [0.25, 0.3) is 11.0 Å². The van der Waals surface area contributed by atoms with E-state index in [4.69, 9.17) is 16.0 Å². The Hall–Kier alpha value is -0.800. The molecule has 1 heterocycles. The standard InChI is InChI=1S/C15H17ClO2S/c1-10-15(19(17)12-5-3-2-4-6-12)13-9-11(16)7-8-14(13)18-10/h7-9,12H,2-6H2,1H3. The molecule has 2 nitrogen and oxygen atoms in total. The number of benzene rings is 1. The second-order valence-electron chi connectivity index (χ2n) is 5.19. The van der Waals surface area contributed by atoms with Crippen molar-refractivity contribution in [2.45, 2.75) is 49.2 Å². The summed E-state index contributed by atoms with van der Waals surface area (Å²) in [5.74, 6) is 0.765. The van der Waals surface area contributed by atoms with Crippen molar-refractivity contribution in [3.8, 4) is 0 Å². The molecule has 1 saturated carbocycles. The number of furan rings is 1. The molecule has 0 amide bonds. The van der Waals surface area contributed by atoms with Gasteiger partial charge in [0.1, 0.15) is 11.3 Å². The normalized spacial score (nSPS) is 18.8. The van der Waals surface area contributed by atoms with Crippen LogP contribution in [0, 0.1) is 6.92 Å². The molecule has 19 heavy (non-hydrogen) atoms. The molecule has 0 bridgehead atoms. The summed E-state index contributed by atoms with van der Waals surface area (Å²) in [7, 11) is -0.986. The predicted molar refractivity (Wildman–Crippen MR) is 79.2 cm³/mol. The van der Waals surface area contributed by atoms with E-state index in [1.54, 1.807) is 6.07 Å². The van der Waals surface area contributed by atoms with Gasteiger partial charge >= 0.3 is 0 Å². The van der Waals surface area contributed by atoms with Crippen LogP contribution in [0.3, 0.4) is 0 Å². The average Bonchev–Trinajstić information content (AvgIpc) is 2.74. The summed E-state index contributed by atoms with van der Waals surface area (Å²) in [6, 6.07) is 5.52. The van der Waals surface area contributed by atoms with Crippen molar-refractivity contribution < 1.29 is 8.63 Å². The topological polar surface area (TPSA) is 30.2 Å². The maximum absolute atomic E-state index is 12.8. The molecule has 4 heteroatoms. The zero-order valence-corrected chi connectivity index (χ0v) is 12.5. The molecule has 1 aromatic carbocycles. The van der Waals surface area contributed by atoms with Gasteiger partial charge in [-0.1, -0.05) is 30.9 Å². The van der Waals surface area contributed by atoms with Crippen molar-refractivity contribution in [2.24, 2.45) is 0 Å². The first-order chi connectivity index (χ1) is 9.16. The van der Waals surface area contributed by atoms with Crippen LogP contribution in [0.4, 0.5) is 0 Å². The number of aryl methyl sites for hydroxylation is 1. The Balaban J connectivity index is 2.05. The lowest BCUT2D eigenvalue weighted by molar-refractivity contribution is 0.503. The maximum atomic E-state index is 12.8. The second-order valence-corrected chi connectivity index (χ2v) is 7.29.